The fraction of sp³-hybridized carbons (Fsp3) is 0.923. The Bertz CT molecular complexity index is 277. The third kappa shape index (κ3) is 3.14. The molecule has 17 heavy (non-hydrogen) atoms. The van der Waals surface area contributed by atoms with Crippen molar-refractivity contribution in [3.63, 3.8) is 0 Å². The molecular formula is C13H22ClNO2. The molecule has 3 unspecified atom stereocenters. The zero-order chi connectivity index (χ0) is 12.3. The predicted molar refractivity (Wildman–Crippen MR) is 68.2 cm³/mol. The van der Waals surface area contributed by atoms with Gasteiger partial charge in [-0.3, -0.25) is 4.79 Å². The van der Waals surface area contributed by atoms with E-state index in [9.17, 15) is 4.79 Å². The summed E-state index contributed by atoms with van der Waals surface area (Å²) in [7, 11) is 0. The van der Waals surface area contributed by atoms with Crippen LogP contribution in [0.5, 0.6) is 0 Å². The number of halogens is 1. The topological polar surface area (TPSA) is 38.3 Å². The zero-order valence-electron chi connectivity index (χ0n) is 10.5. The summed E-state index contributed by atoms with van der Waals surface area (Å²) in [5, 5.41) is 3.24. The van der Waals surface area contributed by atoms with Crippen LogP contribution in [0.2, 0.25) is 0 Å². The van der Waals surface area contributed by atoms with Crippen LogP contribution in [0.3, 0.4) is 0 Å². The van der Waals surface area contributed by atoms with Crippen molar-refractivity contribution in [3.05, 3.63) is 0 Å². The van der Waals surface area contributed by atoms with Gasteiger partial charge in [-0.25, -0.2) is 0 Å². The molecule has 2 aliphatic rings. The molecule has 1 saturated heterocycles. The van der Waals surface area contributed by atoms with Crippen LogP contribution < -0.4 is 5.32 Å². The van der Waals surface area contributed by atoms with Crippen LogP contribution in [-0.2, 0) is 9.53 Å². The van der Waals surface area contributed by atoms with Crippen molar-refractivity contribution in [2.75, 3.05) is 13.2 Å². The molecule has 3 atom stereocenters. The molecule has 1 aliphatic carbocycles. The van der Waals surface area contributed by atoms with Gasteiger partial charge < -0.3 is 10.1 Å². The Morgan fingerprint density at radius 3 is 2.82 bits per heavy atom. The van der Waals surface area contributed by atoms with E-state index in [1.165, 1.54) is 12.8 Å². The number of rotatable bonds is 3. The van der Waals surface area contributed by atoms with E-state index in [0.717, 1.165) is 25.7 Å². The Balaban J connectivity index is 1.79. The van der Waals surface area contributed by atoms with Crippen LogP contribution in [0.15, 0.2) is 0 Å². The first-order chi connectivity index (χ1) is 8.12. The SMILES string of the molecule is CC1(C(=O)NCC2CCCCC2Cl)CCCO1. The lowest BCUT2D eigenvalue weighted by atomic mass is 9.88. The summed E-state index contributed by atoms with van der Waals surface area (Å²) < 4.78 is 5.52. The molecule has 0 spiro atoms. The van der Waals surface area contributed by atoms with Crippen molar-refractivity contribution in [2.45, 2.75) is 56.4 Å². The molecule has 1 aliphatic heterocycles. The van der Waals surface area contributed by atoms with E-state index in [2.05, 4.69) is 5.32 Å². The molecule has 0 aromatic rings. The number of ether oxygens (including phenoxy) is 1. The fourth-order valence-corrected chi connectivity index (χ4v) is 3.13. The van der Waals surface area contributed by atoms with Crippen molar-refractivity contribution < 1.29 is 9.53 Å². The van der Waals surface area contributed by atoms with Gasteiger partial charge in [0, 0.05) is 18.5 Å². The molecule has 0 aromatic carbocycles. The van der Waals surface area contributed by atoms with Gasteiger partial charge in [-0.15, -0.1) is 11.6 Å². The van der Waals surface area contributed by atoms with Crippen LogP contribution in [0.25, 0.3) is 0 Å². The van der Waals surface area contributed by atoms with Crippen molar-refractivity contribution >= 4 is 17.5 Å². The number of carbonyl (C=O) groups is 1. The van der Waals surface area contributed by atoms with E-state index >= 15 is 0 Å². The molecule has 1 saturated carbocycles. The smallest absolute Gasteiger partial charge is 0.251 e. The summed E-state index contributed by atoms with van der Waals surface area (Å²) in [6.45, 7) is 3.28. The molecule has 1 amide bonds. The van der Waals surface area contributed by atoms with Gasteiger partial charge in [0.25, 0.3) is 5.91 Å². The molecule has 0 aromatic heterocycles. The minimum Gasteiger partial charge on any atom is -0.365 e. The van der Waals surface area contributed by atoms with Gasteiger partial charge in [-0.1, -0.05) is 12.8 Å². The molecule has 1 heterocycles. The molecule has 1 N–H and O–H groups in total. The minimum atomic E-state index is -0.601. The first kappa shape index (κ1) is 13.2. The summed E-state index contributed by atoms with van der Waals surface area (Å²) in [6.07, 6.45) is 6.47. The van der Waals surface area contributed by atoms with Crippen molar-refractivity contribution in [3.8, 4) is 0 Å². The number of alkyl halides is 1. The second kappa shape index (κ2) is 5.57. The lowest BCUT2D eigenvalue weighted by Crippen LogP contribution is -2.46. The number of carbonyl (C=O) groups excluding carboxylic acids is 1. The maximum atomic E-state index is 12.0. The van der Waals surface area contributed by atoms with Crippen LogP contribution in [0.4, 0.5) is 0 Å². The maximum absolute atomic E-state index is 12.0. The van der Waals surface area contributed by atoms with Crippen molar-refractivity contribution in [1.29, 1.82) is 0 Å². The molecule has 3 nitrogen and oxygen atoms in total. The summed E-state index contributed by atoms with van der Waals surface area (Å²) in [5.74, 6) is 0.462. The van der Waals surface area contributed by atoms with Gasteiger partial charge in [0.05, 0.1) is 0 Å². The Hall–Kier alpha value is -0.280. The largest absolute Gasteiger partial charge is 0.365 e. The first-order valence-electron chi connectivity index (χ1n) is 6.68. The van der Waals surface area contributed by atoms with Crippen LogP contribution >= 0.6 is 11.6 Å². The van der Waals surface area contributed by atoms with Gasteiger partial charge in [-0.05, 0) is 38.5 Å². The summed E-state index contributed by atoms with van der Waals surface area (Å²) >= 11 is 6.28. The van der Waals surface area contributed by atoms with E-state index in [4.69, 9.17) is 16.3 Å². The first-order valence-corrected chi connectivity index (χ1v) is 7.12. The number of hydrogen-bond donors (Lipinski definition) is 1. The lowest BCUT2D eigenvalue weighted by molar-refractivity contribution is -0.139. The Morgan fingerprint density at radius 1 is 1.41 bits per heavy atom. The van der Waals surface area contributed by atoms with E-state index < -0.39 is 5.60 Å². The van der Waals surface area contributed by atoms with Gasteiger partial charge in [0.15, 0.2) is 0 Å². The average Bonchev–Trinajstić information content (AvgIpc) is 2.76. The molecular weight excluding hydrogens is 238 g/mol. The van der Waals surface area contributed by atoms with Crippen molar-refractivity contribution in [1.82, 2.24) is 5.32 Å². The molecule has 98 valence electrons. The molecule has 4 heteroatoms. The molecule has 0 bridgehead atoms. The van der Waals surface area contributed by atoms with E-state index in [-0.39, 0.29) is 11.3 Å². The molecule has 2 fully saturated rings. The number of amides is 1. The highest BCUT2D eigenvalue weighted by atomic mass is 35.5. The van der Waals surface area contributed by atoms with E-state index in [1.54, 1.807) is 0 Å². The maximum Gasteiger partial charge on any atom is 0.251 e. The third-order valence-corrected chi connectivity index (χ3v) is 4.61. The standard InChI is InChI=1S/C13H22ClNO2/c1-13(7-4-8-17-13)12(16)15-9-10-5-2-3-6-11(10)14/h10-11H,2-9H2,1H3,(H,15,16). The second-order valence-electron chi connectivity index (χ2n) is 5.45. The summed E-state index contributed by atoms with van der Waals surface area (Å²) in [6, 6.07) is 0. The lowest BCUT2D eigenvalue weighted by Gasteiger charge is -2.29. The average molecular weight is 260 g/mol. The summed E-state index contributed by atoms with van der Waals surface area (Å²) in [5.41, 5.74) is -0.601. The highest BCUT2D eigenvalue weighted by Crippen LogP contribution is 2.29. The summed E-state index contributed by atoms with van der Waals surface area (Å²) in [4.78, 5) is 12.0. The Kier molecular flexibility index (Phi) is 4.31. The Morgan fingerprint density at radius 2 is 2.18 bits per heavy atom. The van der Waals surface area contributed by atoms with E-state index in [1.807, 2.05) is 6.92 Å². The predicted octanol–water partition coefficient (Wildman–Crippen LogP) is 2.47. The second-order valence-corrected chi connectivity index (χ2v) is 6.01. The van der Waals surface area contributed by atoms with Gasteiger partial charge in [0.2, 0.25) is 0 Å². The van der Waals surface area contributed by atoms with Crippen LogP contribution in [0.1, 0.15) is 45.4 Å². The van der Waals surface area contributed by atoms with Crippen molar-refractivity contribution in [2.24, 2.45) is 5.92 Å². The monoisotopic (exact) mass is 259 g/mol. The quantitative estimate of drug-likeness (QED) is 0.791. The highest BCUT2D eigenvalue weighted by molar-refractivity contribution is 6.20. The third-order valence-electron chi connectivity index (χ3n) is 4.04. The molecule has 0 radical (unpaired) electrons. The van der Waals surface area contributed by atoms with Crippen LogP contribution in [0, 0.1) is 5.92 Å². The number of hydrogen-bond acceptors (Lipinski definition) is 2. The van der Waals surface area contributed by atoms with Gasteiger partial charge in [-0.2, -0.15) is 0 Å². The van der Waals surface area contributed by atoms with Crippen LogP contribution in [-0.4, -0.2) is 30.0 Å². The minimum absolute atomic E-state index is 0.0319. The van der Waals surface area contributed by atoms with Gasteiger partial charge in [0.1, 0.15) is 5.60 Å². The highest BCUT2D eigenvalue weighted by Gasteiger charge is 2.38. The zero-order valence-corrected chi connectivity index (χ0v) is 11.3. The normalized spacial score (nSPS) is 38.0. The Labute approximate surface area is 108 Å². The van der Waals surface area contributed by atoms with E-state index in [0.29, 0.717) is 19.1 Å². The number of nitrogens with one attached hydrogen (secondary N) is 1. The van der Waals surface area contributed by atoms with Gasteiger partial charge >= 0.3 is 0 Å². The molecule has 2 rings (SSSR count). The fourth-order valence-electron chi connectivity index (χ4n) is 2.76.